The van der Waals surface area contributed by atoms with Crippen LogP contribution >= 0.6 is 11.8 Å². The molecular formula is C26H32N2O4S. The first-order valence-electron chi connectivity index (χ1n) is 11.7. The lowest BCUT2D eigenvalue weighted by Gasteiger charge is -2.38. The van der Waals surface area contributed by atoms with Crippen LogP contribution < -0.4 is 0 Å². The second-order valence-corrected chi connectivity index (χ2v) is 9.95. The zero-order chi connectivity index (χ0) is 23.4. The predicted octanol–water partition coefficient (Wildman–Crippen LogP) is 4.28. The number of nitrogens with zero attached hydrogens (tertiary/aromatic N) is 2. The first kappa shape index (κ1) is 23.6. The van der Waals surface area contributed by atoms with Gasteiger partial charge in [-0.15, -0.1) is 11.8 Å². The zero-order valence-corrected chi connectivity index (χ0v) is 20.0. The lowest BCUT2D eigenvalue weighted by Crippen LogP contribution is -2.55. The van der Waals surface area contributed by atoms with E-state index in [4.69, 9.17) is 4.74 Å². The van der Waals surface area contributed by atoms with Crippen molar-refractivity contribution in [1.29, 1.82) is 0 Å². The Morgan fingerprint density at radius 2 is 1.64 bits per heavy atom. The summed E-state index contributed by atoms with van der Waals surface area (Å²) >= 11 is 1.39. The summed E-state index contributed by atoms with van der Waals surface area (Å²) in [6.07, 6.45) is 1.25. The molecule has 4 atom stereocenters. The van der Waals surface area contributed by atoms with Crippen LogP contribution in [0.5, 0.6) is 0 Å². The average molecular weight is 469 g/mol. The van der Waals surface area contributed by atoms with Crippen molar-refractivity contribution in [3.05, 3.63) is 71.8 Å². The number of hydrogen-bond acceptors (Lipinski definition) is 5. The molecule has 2 aromatic carbocycles. The van der Waals surface area contributed by atoms with Crippen LogP contribution in [0.15, 0.2) is 60.7 Å². The molecule has 33 heavy (non-hydrogen) atoms. The monoisotopic (exact) mass is 468 g/mol. The van der Waals surface area contributed by atoms with Gasteiger partial charge in [-0.1, -0.05) is 74.0 Å². The Morgan fingerprint density at radius 1 is 1.06 bits per heavy atom. The maximum absolute atomic E-state index is 13.7. The third-order valence-corrected chi connectivity index (χ3v) is 8.04. The van der Waals surface area contributed by atoms with Crippen LogP contribution in [0.25, 0.3) is 0 Å². The molecule has 2 aromatic rings. The van der Waals surface area contributed by atoms with Crippen LogP contribution in [0.4, 0.5) is 4.79 Å². The van der Waals surface area contributed by atoms with Crippen LogP contribution in [0.1, 0.15) is 37.8 Å². The largest absolute Gasteiger partial charge is 0.466 e. The topological polar surface area (TPSA) is 70.1 Å². The number of amides is 2. The lowest BCUT2D eigenvalue weighted by molar-refractivity contribution is -0.155. The number of esters is 1. The number of aliphatic hydroxyl groups is 1. The fraction of sp³-hybridized carbons (Fsp3) is 0.462. The van der Waals surface area contributed by atoms with E-state index in [0.717, 1.165) is 17.5 Å². The highest BCUT2D eigenvalue weighted by Gasteiger charge is 2.64. The summed E-state index contributed by atoms with van der Waals surface area (Å²) in [6, 6.07) is 18.9. The smallest absolute Gasteiger partial charge is 0.321 e. The van der Waals surface area contributed by atoms with Crippen molar-refractivity contribution in [3.63, 3.8) is 0 Å². The number of hydrogen-bond donors (Lipinski definition) is 1. The van der Waals surface area contributed by atoms with Crippen molar-refractivity contribution in [2.45, 2.75) is 56.8 Å². The first-order chi connectivity index (χ1) is 16.0. The highest BCUT2D eigenvalue weighted by molar-refractivity contribution is 8.00. The van der Waals surface area contributed by atoms with Crippen molar-refractivity contribution in [2.75, 3.05) is 12.4 Å². The molecule has 0 aliphatic carbocycles. The Bertz CT molecular complexity index is 957. The van der Waals surface area contributed by atoms with Gasteiger partial charge in [-0.2, -0.15) is 0 Å². The summed E-state index contributed by atoms with van der Waals surface area (Å²) < 4.78 is 5.36. The van der Waals surface area contributed by atoms with Crippen LogP contribution in [0.2, 0.25) is 0 Å². The van der Waals surface area contributed by atoms with E-state index in [0.29, 0.717) is 25.3 Å². The van der Waals surface area contributed by atoms with Gasteiger partial charge in [0.15, 0.2) is 0 Å². The number of thioether (sulfide) groups is 1. The Labute approximate surface area is 199 Å². The molecule has 176 valence electrons. The van der Waals surface area contributed by atoms with Gasteiger partial charge in [-0.3, -0.25) is 4.79 Å². The quantitative estimate of drug-likeness (QED) is 0.440. The molecule has 2 aliphatic rings. The fourth-order valence-electron chi connectivity index (χ4n) is 5.03. The van der Waals surface area contributed by atoms with Crippen molar-refractivity contribution >= 4 is 23.8 Å². The van der Waals surface area contributed by atoms with Crippen molar-refractivity contribution in [3.8, 4) is 0 Å². The summed E-state index contributed by atoms with van der Waals surface area (Å²) in [5.41, 5.74) is 2.04. The molecule has 0 spiro atoms. The van der Waals surface area contributed by atoms with E-state index in [1.807, 2.05) is 72.5 Å². The van der Waals surface area contributed by atoms with Gasteiger partial charge in [0.05, 0.1) is 24.6 Å². The third-order valence-electron chi connectivity index (χ3n) is 6.54. The van der Waals surface area contributed by atoms with Gasteiger partial charge < -0.3 is 19.6 Å². The van der Waals surface area contributed by atoms with Gasteiger partial charge >= 0.3 is 12.0 Å². The van der Waals surface area contributed by atoms with E-state index in [-0.39, 0.29) is 24.6 Å². The first-order valence-corrected chi connectivity index (χ1v) is 12.7. The highest BCUT2D eigenvalue weighted by atomic mass is 32.2. The van der Waals surface area contributed by atoms with Crippen LogP contribution in [0, 0.1) is 5.92 Å². The second kappa shape index (κ2) is 10.2. The molecular weight excluding hydrogens is 436 g/mol. The van der Waals surface area contributed by atoms with Crippen LogP contribution in [-0.4, -0.2) is 56.3 Å². The summed E-state index contributed by atoms with van der Waals surface area (Å²) in [7, 11) is 0. The molecule has 4 rings (SSSR count). The van der Waals surface area contributed by atoms with E-state index in [1.54, 1.807) is 11.8 Å². The van der Waals surface area contributed by atoms with E-state index in [1.165, 1.54) is 11.8 Å². The van der Waals surface area contributed by atoms with Crippen molar-refractivity contribution in [2.24, 2.45) is 5.92 Å². The normalized spacial score (nSPS) is 25.2. The Balaban J connectivity index is 1.70. The molecule has 2 amide bonds. The van der Waals surface area contributed by atoms with Crippen molar-refractivity contribution in [1.82, 2.24) is 9.80 Å². The molecule has 6 nitrogen and oxygen atoms in total. The maximum atomic E-state index is 13.7. The standard InChI is InChI=1S/C26H32N2O4S/c1-3-11-21(24(29)32-4-2)26(31)23-22(18-33-26)27(16-19-12-7-5-8-13-19)25(30)28(23)17-20-14-9-6-10-15-20/h5-10,12-15,21-23,31H,3-4,11,16-18H2,1-2H3/t21?,22-,23-,26?/m0/s1. The van der Waals surface area contributed by atoms with Gasteiger partial charge in [0, 0.05) is 18.8 Å². The molecule has 1 N–H and O–H groups in total. The molecule has 2 aliphatic heterocycles. The minimum atomic E-state index is -1.40. The second-order valence-electron chi connectivity index (χ2n) is 8.68. The average Bonchev–Trinajstić information content (AvgIpc) is 3.30. The SMILES string of the molecule is CCCC(C(=O)OCC)C1(O)SC[C@H]2[C@@H]1N(Cc1ccccc1)C(=O)N2Cc1ccccc1. The number of rotatable bonds is 9. The molecule has 0 saturated carbocycles. The lowest BCUT2D eigenvalue weighted by atomic mass is 9.88. The third kappa shape index (κ3) is 4.62. The number of ether oxygens (including phenoxy) is 1. The molecule has 2 fully saturated rings. The van der Waals surface area contributed by atoms with E-state index in [9.17, 15) is 14.7 Å². The summed E-state index contributed by atoms with van der Waals surface area (Å²) in [5.74, 6) is -0.501. The summed E-state index contributed by atoms with van der Waals surface area (Å²) in [6.45, 7) is 4.89. The summed E-state index contributed by atoms with van der Waals surface area (Å²) in [4.78, 5) is 28.9. The van der Waals surface area contributed by atoms with E-state index >= 15 is 0 Å². The molecule has 2 heterocycles. The number of carbonyl (C=O) groups is 2. The Morgan fingerprint density at radius 3 is 2.18 bits per heavy atom. The molecule has 0 radical (unpaired) electrons. The molecule has 0 bridgehead atoms. The van der Waals surface area contributed by atoms with Gasteiger partial charge in [0.1, 0.15) is 4.93 Å². The Kier molecular flexibility index (Phi) is 7.29. The van der Waals surface area contributed by atoms with E-state index < -0.39 is 16.9 Å². The van der Waals surface area contributed by atoms with Crippen LogP contribution in [0.3, 0.4) is 0 Å². The number of fused-ring (bicyclic) bond motifs is 1. The van der Waals surface area contributed by atoms with Gasteiger partial charge in [-0.25, -0.2) is 4.79 Å². The fourth-order valence-corrected chi connectivity index (χ4v) is 6.70. The van der Waals surface area contributed by atoms with Crippen molar-refractivity contribution < 1.29 is 19.4 Å². The minimum absolute atomic E-state index is 0.101. The number of urea groups is 1. The number of carbonyl (C=O) groups excluding carboxylic acids is 2. The molecule has 0 aromatic heterocycles. The summed E-state index contributed by atoms with van der Waals surface area (Å²) in [5, 5.41) is 12.0. The van der Waals surface area contributed by atoms with Gasteiger partial charge in [-0.05, 0) is 24.5 Å². The minimum Gasteiger partial charge on any atom is -0.466 e. The predicted molar refractivity (Wildman–Crippen MR) is 129 cm³/mol. The number of benzene rings is 2. The zero-order valence-electron chi connectivity index (χ0n) is 19.2. The molecule has 2 saturated heterocycles. The van der Waals surface area contributed by atoms with E-state index in [2.05, 4.69) is 0 Å². The Hall–Kier alpha value is -2.51. The maximum Gasteiger partial charge on any atom is 0.321 e. The molecule has 2 unspecified atom stereocenters. The highest BCUT2D eigenvalue weighted by Crippen LogP contribution is 2.51. The van der Waals surface area contributed by atoms with Gasteiger partial charge in [0.2, 0.25) is 0 Å². The van der Waals surface area contributed by atoms with Crippen LogP contribution in [-0.2, 0) is 22.6 Å². The molecule has 7 heteroatoms. The van der Waals surface area contributed by atoms with Gasteiger partial charge in [0.25, 0.3) is 0 Å².